The van der Waals surface area contributed by atoms with Crippen molar-refractivity contribution >= 4 is 11.5 Å². The highest BCUT2D eigenvalue weighted by Crippen LogP contribution is 2.29. The van der Waals surface area contributed by atoms with Crippen LogP contribution in [0.4, 0.5) is 11.5 Å². The number of ether oxygens (including phenoxy) is 1. The minimum atomic E-state index is 0.254. The van der Waals surface area contributed by atoms with Crippen LogP contribution in [-0.2, 0) is 0 Å². The zero-order chi connectivity index (χ0) is 22.0. The van der Waals surface area contributed by atoms with Crippen molar-refractivity contribution in [2.75, 3.05) is 17.6 Å². The standard InChI is InChI=1S/C26H48N4O/c1-2-3-4-5-6-7-8-9-10-11-12-13-14-18-21-28-25-24(27)26(30-22-29-25)31-23-19-16-15-17-20-23/h22-23H,2-21,27H2,1H3,(H,28,29,30). The third-order valence-electron chi connectivity index (χ3n) is 6.50. The lowest BCUT2D eigenvalue weighted by atomic mass is 9.98. The van der Waals surface area contributed by atoms with E-state index in [0.29, 0.717) is 11.6 Å². The summed E-state index contributed by atoms with van der Waals surface area (Å²) >= 11 is 0. The van der Waals surface area contributed by atoms with Gasteiger partial charge in [0.15, 0.2) is 5.82 Å². The van der Waals surface area contributed by atoms with Gasteiger partial charge in [-0.3, -0.25) is 0 Å². The number of nitrogen functional groups attached to an aromatic ring is 1. The molecule has 0 aliphatic heterocycles. The van der Waals surface area contributed by atoms with Gasteiger partial charge < -0.3 is 15.8 Å². The van der Waals surface area contributed by atoms with E-state index in [1.165, 1.54) is 103 Å². The van der Waals surface area contributed by atoms with Crippen LogP contribution in [0.1, 0.15) is 129 Å². The molecule has 178 valence electrons. The molecule has 2 rings (SSSR count). The second kappa shape index (κ2) is 17.1. The van der Waals surface area contributed by atoms with Gasteiger partial charge in [-0.1, -0.05) is 96.8 Å². The normalized spacial score (nSPS) is 14.6. The number of nitrogens with one attached hydrogen (secondary N) is 1. The maximum atomic E-state index is 6.25. The lowest BCUT2D eigenvalue weighted by Crippen LogP contribution is -2.21. The van der Waals surface area contributed by atoms with Gasteiger partial charge in [0, 0.05) is 6.54 Å². The lowest BCUT2D eigenvalue weighted by Gasteiger charge is -2.23. The highest BCUT2D eigenvalue weighted by atomic mass is 16.5. The molecule has 0 saturated heterocycles. The van der Waals surface area contributed by atoms with E-state index in [9.17, 15) is 0 Å². The quantitative estimate of drug-likeness (QED) is 0.233. The molecule has 3 N–H and O–H groups in total. The molecule has 1 aliphatic carbocycles. The highest BCUT2D eigenvalue weighted by Gasteiger charge is 2.18. The van der Waals surface area contributed by atoms with Crippen LogP contribution in [0.15, 0.2) is 6.33 Å². The summed E-state index contributed by atoms with van der Waals surface area (Å²) < 4.78 is 6.04. The van der Waals surface area contributed by atoms with Crippen LogP contribution in [-0.4, -0.2) is 22.6 Å². The van der Waals surface area contributed by atoms with Crippen LogP contribution in [0.25, 0.3) is 0 Å². The Bertz CT molecular complexity index is 560. The molecule has 1 saturated carbocycles. The minimum absolute atomic E-state index is 0.254. The third-order valence-corrected chi connectivity index (χ3v) is 6.50. The Morgan fingerprint density at radius 1 is 0.806 bits per heavy atom. The summed E-state index contributed by atoms with van der Waals surface area (Å²) in [5.74, 6) is 1.26. The maximum absolute atomic E-state index is 6.25. The Kier molecular flexibility index (Phi) is 14.2. The lowest BCUT2D eigenvalue weighted by molar-refractivity contribution is 0.149. The number of unbranched alkanes of at least 4 members (excludes halogenated alkanes) is 13. The fraction of sp³-hybridized carbons (Fsp3) is 0.846. The first-order valence-electron chi connectivity index (χ1n) is 13.3. The maximum Gasteiger partial charge on any atom is 0.242 e. The molecule has 0 bridgehead atoms. The summed E-state index contributed by atoms with van der Waals surface area (Å²) in [7, 11) is 0. The van der Waals surface area contributed by atoms with E-state index in [-0.39, 0.29) is 6.10 Å². The molecular weight excluding hydrogens is 384 g/mol. The van der Waals surface area contributed by atoms with Crippen LogP contribution in [0.5, 0.6) is 5.88 Å². The number of hydrogen-bond donors (Lipinski definition) is 2. The fourth-order valence-electron chi connectivity index (χ4n) is 4.48. The smallest absolute Gasteiger partial charge is 0.242 e. The van der Waals surface area contributed by atoms with Crippen molar-refractivity contribution in [2.24, 2.45) is 0 Å². The molecule has 5 nitrogen and oxygen atoms in total. The van der Waals surface area contributed by atoms with Gasteiger partial charge in [-0.2, -0.15) is 4.98 Å². The van der Waals surface area contributed by atoms with E-state index in [2.05, 4.69) is 22.2 Å². The van der Waals surface area contributed by atoms with Crippen LogP contribution in [0.2, 0.25) is 0 Å². The van der Waals surface area contributed by atoms with Crippen molar-refractivity contribution in [1.82, 2.24) is 9.97 Å². The van der Waals surface area contributed by atoms with Gasteiger partial charge in [0.25, 0.3) is 0 Å². The molecule has 1 aromatic rings. The van der Waals surface area contributed by atoms with Gasteiger partial charge in [0.2, 0.25) is 5.88 Å². The first-order valence-corrected chi connectivity index (χ1v) is 13.3. The fourth-order valence-corrected chi connectivity index (χ4v) is 4.48. The van der Waals surface area contributed by atoms with E-state index in [0.717, 1.165) is 31.6 Å². The highest BCUT2D eigenvalue weighted by molar-refractivity contribution is 5.66. The molecule has 0 unspecified atom stereocenters. The monoisotopic (exact) mass is 432 g/mol. The van der Waals surface area contributed by atoms with E-state index in [1.807, 2.05) is 0 Å². The number of aromatic nitrogens is 2. The van der Waals surface area contributed by atoms with E-state index in [1.54, 1.807) is 6.33 Å². The van der Waals surface area contributed by atoms with Gasteiger partial charge in [0.05, 0.1) is 0 Å². The molecule has 1 heterocycles. The largest absolute Gasteiger partial charge is 0.473 e. The minimum Gasteiger partial charge on any atom is -0.473 e. The Morgan fingerprint density at radius 2 is 1.35 bits per heavy atom. The van der Waals surface area contributed by atoms with Crippen molar-refractivity contribution in [3.63, 3.8) is 0 Å². The van der Waals surface area contributed by atoms with Gasteiger partial charge in [-0.25, -0.2) is 4.98 Å². The zero-order valence-corrected chi connectivity index (χ0v) is 20.2. The Labute approximate surface area is 191 Å². The molecule has 1 fully saturated rings. The topological polar surface area (TPSA) is 73.1 Å². The molecule has 31 heavy (non-hydrogen) atoms. The SMILES string of the molecule is CCCCCCCCCCCCCCCCNc1ncnc(OC2CCCCC2)c1N. The molecule has 5 heteroatoms. The molecule has 0 amide bonds. The predicted octanol–water partition coefficient (Wildman–Crippen LogP) is 7.66. The average Bonchev–Trinajstić information content (AvgIpc) is 2.79. The van der Waals surface area contributed by atoms with Gasteiger partial charge in [0.1, 0.15) is 18.1 Å². The van der Waals surface area contributed by atoms with Crippen LogP contribution in [0, 0.1) is 0 Å². The number of anilines is 2. The molecular formula is C26H48N4O. The van der Waals surface area contributed by atoms with E-state index in [4.69, 9.17) is 10.5 Å². The van der Waals surface area contributed by atoms with Gasteiger partial charge >= 0.3 is 0 Å². The summed E-state index contributed by atoms with van der Waals surface area (Å²) in [5, 5.41) is 3.38. The zero-order valence-electron chi connectivity index (χ0n) is 20.2. The summed E-state index contributed by atoms with van der Waals surface area (Å²) in [5.41, 5.74) is 6.80. The summed E-state index contributed by atoms with van der Waals surface area (Å²) in [4.78, 5) is 8.56. The number of nitrogens with two attached hydrogens (primary N) is 1. The van der Waals surface area contributed by atoms with Crippen LogP contribution in [0.3, 0.4) is 0 Å². The van der Waals surface area contributed by atoms with Crippen molar-refractivity contribution in [2.45, 2.75) is 135 Å². The summed E-state index contributed by atoms with van der Waals surface area (Å²) in [6.45, 7) is 3.19. The van der Waals surface area contributed by atoms with Crippen molar-refractivity contribution < 1.29 is 4.74 Å². The summed E-state index contributed by atoms with van der Waals surface area (Å²) in [6, 6.07) is 0. The van der Waals surface area contributed by atoms with Crippen molar-refractivity contribution in [3.8, 4) is 5.88 Å². The Balaban J connectivity index is 1.45. The molecule has 1 aromatic heterocycles. The van der Waals surface area contributed by atoms with Crippen molar-refractivity contribution in [1.29, 1.82) is 0 Å². The first-order chi connectivity index (χ1) is 15.3. The number of hydrogen-bond acceptors (Lipinski definition) is 5. The average molecular weight is 433 g/mol. The van der Waals surface area contributed by atoms with Crippen molar-refractivity contribution in [3.05, 3.63) is 6.33 Å². The summed E-state index contributed by atoms with van der Waals surface area (Å²) in [6.07, 6.45) is 27.1. The first kappa shape index (κ1) is 25.7. The Hall–Kier alpha value is -1.52. The number of rotatable bonds is 18. The van der Waals surface area contributed by atoms with Gasteiger partial charge in [-0.15, -0.1) is 0 Å². The van der Waals surface area contributed by atoms with Crippen LogP contribution >= 0.6 is 0 Å². The molecule has 1 aliphatic rings. The van der Waals surface area contributed by atoms with E-state index < -0.39 is 0 Å². The van der Waals surface area contributed by atoms with E-state index >= 15 is 0 Å². The third kappa shape index (κ3) is 11.6. The van der Waals surface area contributed by atoms with Gasteiger partial charge in [-0.05, 0) is 32.1 Å². The molecule has 0 aromatic carbocycles. The molecule has 0 atom stereocenters. The second-order valence-corrected chi connectivity index (χ2v) is 9.34. The molecule has 0 radical (unpaired) electrons. The molecule has 0 spiro atoms. The number of nitrogens with zero attached hydrogens (tertiary/aromatic N) is 2. The van der Waals surface area contributed by atoms with Crippen LogP contribution < -0.4 is 15.8 Å². The Morgan fingerprint density at radius 3 is 1.94 bits per heavy atom. The predicted molar refractivity (Wildman–Crippen MR) is 133 cm³/mol. The second-order valence-electron chi connectivity index (χ2n) is 9.34.